The van der Waals surface area contributed by atoms with Crippen LogP contribution in [0.5, 0.6) is 0 Å². The van der Waals surface area contributed by atoms with Crippen molar-refractivity contribution in [1.82, 2.24) is 19.1 Å². The third-order valence-electron chi connectivity index (χ3n) is 4.06. The molecule has 1 N–H and O–H groups in total. The molecule has 4 rings (SSSR count). The molecule has 0 saturated carbocycles. The number of aryl methyl sites for hydroxylation is 2. The Morgan fingerprint density at radius 1 is 1.00 bits per heavy atom. The van der Waals surface area contributed by atoms with Crippen LogP contribution >= 0.6 is 0 Å². The van der Waals surface area contributed by atoms with E-state index in [9.17, 15) is 0 Å². The van der Waals surface area contributed by atoms with Gasteiger partial charge >= 0.3 is 0 Å². The molecule has 110 valence electrons. The SMILES string of the molecule is Cn1cnc2cc(NCc3nc4ccccc4n3C)ccc21. The molecule has 0 aliphatic rings. The summed E-state index contributed by atoms with van der Waals surface area (Å²) < 4.78 is 4.15. The maximum absolute atomic E-state index is 4.67. The number of anilines is 1. The summed E-state index contributed by atoms with van der Waals surface area (Å²) in [5.41, 5.74) is 5.37. The number of nitrogens with zero attached hydrogens (tertiary/aromatic N) is 4. The van der Waals surface area contributed by atoms with Crippen LogP contribution in [0, 0.1) is 0 Å². The fraction of sp³-hybridized carbons (Fsp3) is 0.176. The van der Waals surface area contributed by atoms with E-state index < -0.39 is 0 Å². The van der Waals surface area contributed by atoms with Crippen molar-refractivity contribution in [2.24, 2.45) is 14.1 Å². The third-order valence-corrected chi connectivity index (χ3v) is 4.06. The van der Waals surface area contributed by atoms with Gasteiger partial charge in [0.2, 0.25) is 0 Å². The van der Waals surface area contributed by atoms with Crippen LogP contribution in [-0.2, 0) is 20.6 Å². The van der Waals surface area contributed by atoms with Gasteiger partial charge in [0, 0.05) is 19.8 Å². The summed E-state index contributed by atoms with van der Waals surface area (Å²) in [5, 5.41) is 3.43. The minimum Gasteiger partial charge on any atom is -0.378 e. The minimum absolute atomic E-state index is 0.684. The van der Waals surface area contributed by atoms with Crippen LogP contribution in [0.3, 0.4) is 0 Å². The van der Waals surface area contributed by atoms with Crippen LogP contribution in [0.25, 0.3) is 22.1 Å². The second-order valence-electron chi connectivity index (χ2n) is 5.49. The standard InChI is InChI=1S/C17H17N5/c1-21-11-19-14-9-12(7-8-15(14)21)18-10-17-20-13-5-3-4-6-16(13)22(17)2/h3-9,11,18H,10H2,1-2H3. The predicted octanol–water partition coefficient (Wildman–Crippen LogP) is 3.07. The number of nitrogens with one attached hydrogen (secondary N) is 1. The zero-order valence-electron chi connectivity index (χ0n) is 12.6. The van der Waals surface area contributed by atoms with Gasteiger partial charge in [-0.2, -0.15) is 0 Å². The van der Waals surface area contributed by atoms with Crippen molar-refractivity contribution in [3.63, 3.8) is 0 Å². The molecule has 0 aliphatic heterocycles. The van der Waals surface area contributed by atoms with Crippen LogP contribution in [0.4, 0.5) is 5.69 Å². The quantitative estimate of drug-likeness (QED) is 0.631. The fourth-order valence-electron chi connectivity index (χ4n) is 2.78. The molecule has 0 saturated heterocycles. The van der Waals surface area contributed by atoms with Gasteiger partial charge in [-0.25, -0.2) is 9.97 Å². The number of imidazole rings is 2. The Balaban J connectivity index is 1.61. The first-order valence-corrected chi connectivity index (χ1v) is 7.27. The van der Waals surface area contributed by atoms with Gasteiger partial charge in [-0.1, -0.05) is 12.1 Å². The first-order valence-electron chi connectivity index (χ1n) is 7.27. The molecular weight excluding hydrogens is 274 g/mol. The van der Waals surface area contributed by atoms with Crippen LogP contribution in [0.15, 0.2) is 48.8 Å². The monoisotopic (exact) mass is 291 g/mol. The molecule has 5 heteroatoms. The van der Waals surface area contributed by atoms with E-state index >= 15 is 0 Å². The average Bonchev–Trinajstić information content (AvgIpc) is 3.07. The lowest BCUT2D eigenvalue weighted by Crippen LogP contribution is -2.05. The predicted molar refractivity (Wildman–Crippen MR) is 88.8 cm³/mol. The lowest BCUT2D eigenvalue weighted by atomic mass is 10.2. The smallest absolute Gasteiger partial charge is 0.128 e. The van der Waals surface area contributed by atoms with Gasteiger partial charge in [0.15, 0.2) is 0 Å². The van der Waals surface area contributed by atoms with E-state index in [4.69, 9.17) is 0 Å². The Morgan fingerprint density at radius 2 is 1.86 bits per heavy atom. The van der Waals surface area contributed by atoms with E-state index in [0.717, 1.165) is 33.6 Å². The Labute approximate surface area is 128 Å². The molecule has 0 spiro atoms. The van der Waals surface area contributed by atoms with E-state index in [1.165, 1.54) is 0 Å². The highest BCUT2D eigenvalue weighted by molar-refractivity contribution is 5.79. The molecule has 2 aromatic carbocycles. The minimum atomic E-state index is 0.684. The van der Waals surface area contributed by atoms with Gasteiger partial charge in [-0.15, -0.1) is 0 Å². The summed E-state index contributed by atoms with van der Waals surface area (Å²) in [5.74, 6) is 1.02. The first-order chi connectivity index (χ1) is 10.7. The number of aromatic nitrogens is 4. The number of para-hydroxylation sites is 2. The van der Waals surface area contributed by atoms with E-state index in [0.29, 0.717) is 6.54 Å². The molecule has 0 unspecified atom stereocenters. The molecule has 0 atom stereocenters. The Bertz CT molecular complexity index is 964. The summed E-state index contributed by atoms with van der Waals surface area (Å²) in [6.45, 7) is 0.684. The molecular formula is C17H17N5. The summed E-state index contributed by atoms with van der Waals surface area (Å²) in [7, 11) is 4.05. The van der Waals surface area contributed by atoms with Gasteiger partial charge in [0.25, 0.3) is 0 Å². The lowest BCUT2D eigenvalue weighted by Gasteiger charge is -2.07. The summed E-state index contributed by atoms with van der Waals surface area (Å²) in [6, 6.07) is 14.4. The molecule has 0 bridgehead atoms. The maximum Gasteiger partial charge on any atom is 0.128 e. The molecule has 2 heterocycles. The summed E-state index contributed by atoms with van der Waals surface area (Å²) in [4.78, 5) is 9.06. The third kappa shape index (κ3) is 2.02. The van der Waals surface area contributed by atoms with Crippen LogP contribution in [0.2, 0.25) is 0 Å². The van der Waals surface area contributed by atoms with Crippen LogP contribution < -0.4 is 5.32 Å². The van der Waals surface area contributed by atoms with Crippen molar-refractivity contribution in [2.45, 2.75) is 6.54 Å². The fourth-order valence-corrected chi connectivity index (χ4v) is 2.78. The van der Waals surface area contributed by atoms with Crippen LogP contribution in [0.1, 0.15) is 5.82 Å². The van der Waals surface area contributed by atoms with Crippen molar-refractivity contribution in [2.75, 3.05) is 5.32 Å². The second-order valence-corrected chi connectivity index (χ2v) is 5.49. The molecule has 5 nitrogen and oxygen atoms in total. The van der Waals surface area contributed by atoms with Gasteiger partial charge < -0.3 is 14.5 Å². The highest BCUT2D eigenvalue weighted by Gasteiger charge is 2.07. The van der Waals surface area contributed by atoms with Crippen molar-refractivity contribution in [1.29, 1.82) is 0 Å². The van der Waals surface area contributed by atoms with Gasteiger partial charge in [0.05, 0.1) is 34.9 Å². The summed E-state index contributed by atoms with van der Waals surface area (Å²) in [6.07, 6.45) is 1.83. The van der Waals surface area contributed by atoms with Crippen molar-refractivity contribution >= 4 is 27.8 Å². The number of benzene rings is 2. The maximum atomic E-state index is 4.67. The molecule has 0 fully saturated rings. The molecule has 0 aliphatic carbocycles. The number of hydrogen-bond acceptors (Lipinski definition) is 3. The highest BCUT2D eigenvalue weighted by atomic mass is 15.1. The van der Waals surface area contributed by atoms with E-state index in [1.807, 2.05) is 43.2 Å². The Kier molecular flexibility index (Phi) is 2.85. The van der Waals surface area contributed by atoms with Crippen molar-refractivity contribution in [3.05, 3.63) is 54.6 Å². The average molecular weight is 291 g/mol. The molecule has 0 radical (unpaired) electrons. The van der Waals surface area contributed by atoms with Gasteiger partial charge in [-0.05, 0) is 30.3 Å². The zero-order chi connectivity index (χ0) is 15.1. The Morgan fingerprint density at radius 3 is 2.73 bits per heavy atom. The topological polar surface area (TPSA) is 47.7 Å². The Hall–Kier alpha value is -2.82. The van der Waals surface area contributed by atoms with Crippen molar-refractivity contribution in [3.8, 4) is 0 Å². The van der Waals surface area contributed by atoms with E-state index in [1.54, 1.807) is 0 Å². The first kappa shape index (κ1) is 12.9. The number of rotatable bonds is 3. The van der Waals surface area contributed by atoms with Gasteiger partial charge in [0.1, 0.15) is 5.82 Å². The highest BCUT2D eigenvalue weighted by Crippen LogP contribution is 2.19. The lowest BCUT2D eigenvalue weighted by molar-refractivity contribution is 0.834. The van der Waals surface area contributed by atoms with E-state index in [2.05, 4.69) is 44.1 Å². The normalized spacial score (nSPS) is 11.4. The molecule has 2 aromatic heterocycles. The zero-order valence-corrected chi connectivity index (χ0v) is 12.6. The molecule has 22 heavy (non-hydrogen) atoms. The summed E-state index contributed by atoms with van der Waals surface area (Å²) >= 11 is 0. The van der Waals surface area contributed by atoms with Crippen LogP contribution in [-0.4, -0.2) is 19.1 Å². The second kappa shape index (κ2) is 4.87. The molecule has 4 aromatic rings. The van der Waals surface area contributed by atoms with Gasteiger partial charge in [-0.3, -0.25) is 0 Å². The number of hydrogen-bond donors (Lipinski definition) is 1. The van der Waals surface area contributed by atoms with Crippen molar-refractivity contribution < 1.29 is 0 Å². The number of fused-ring (bicyclic) bond motifs is 2. The van der Waals surface area contributed by atoms with E-state index in [-0.39, 0.29) is 0 Å². The largest absolute Gasteiger partial charge is 0.378 e. The molecule has 0 amide bonds.